The quantitative estimate of drug-likeness (QED) is 0.704. The van der Waals surface area contributed by atoms with E-state index in [0.29, 0.717) is 0 Å². The number of piperazine rings is 1. The fourth-order valence-electron chi connectivity index (χ4n) is 3.17. The summed E-state index contributed by atoms with van der Waals surface area (Å²) >= 11 is 1.87. The van der Waals surface area contributed by atoms with Crippen LogP contribution in [0, 0.1) is 0 Å². The summed E-state index contributed by atoms with van der Waals surface area (Å²) in [6, 6.07) is 13.8. The van der Waals surface area contributed by atoms with Gasteiger partial charge in [0.05, 0.1) is 6.04 Å². The average molecular weight is 417 g/mol. The Balaban J connectivity index is 0.000000941. The third kappa shape index (κ3) is 7.40. The molecule has 1 aliphatic heterocycles. The van der Waals surface area contributed by atoms with Crippen molar-refractivity contribution in [2.45, 2.75) is 6.04 Å². The van der Waals surface area contributed by atoms with Crippen LogP contribution >= 0.6 is 11.8 Å². The normalized spacial score (nSPS) is 15.0. The molecule has 0 radical (unpaired) electrons. The van der Waals surface area contributed by atoms with Crippen molar-refractivity contribution in [3.63, 3.8) is 0 Å². The predicted molar refractivity (Wildman–Crippen MR) is 116 cm³/mol. The van der Waals surface area contributed by atoms with E-state index in [2.05, 4.69) is 21.5 Å². The molecule has 1 aliphatic rings. The number of hydrogen-bond donors (Lipinski definition) is 2. The van der Waals surface area contributed by atoms with E-state index < -0.39 is 0 Å². The van der Waals surface area contributed by atoms with Gasteiger partial charge < -0.3 is 15.3 Å². The summed E-state index contributed by atoms with van der Waals surface area (Å²) < 4.78 is 0. The minimum atomic E-state index is -0.250. The van der Waals surface area contributed by atoms with E-state index in [1.165, 1.54) is 0 Å². The van der Waals surface area contributed by atoms with Crippen molar-refractivity contribution in [1.29, 1.82) is 0 Å². The number of carbonyl (C=O) groups excluding carboxylic acids is 1. The zero-order valence-corrected chi connectivity index (χ0v) is 17.4. The first-order valence-electron chi connectivity index (χ1n) is 9.49. The minimum Gasteiger partial charge on any atom is -0.483 e. The summed E-state index contributed by atoms with van der Waals surface area (Å²) in [5.41, 5.74) is 2.11. The van der Waals surface area contributed by atoms with Crippen LogP contribution in [0.3, 0.4) is 0 Å². The van der Waals surface area contributed by atoms with Crippen LogP contribution in [0.25, 0.3) is 0 Å². The number of pyridine rings is 1. The molecule has 2 N–H and O–H groups in total. The molecule has 2 heterocycles. The first kappa shape index (κ1) is 22.7. The maximum atomic E-state index is 12.9. The number of rotatable bonds is 6. The molecule has 2 aromatic rings. The molecule has 0 spiro atoms. The Morgan fingerprint density at radius 3 is 2.31 bits per heavy atom. The Kier molecular flexibility index (Phi) is 10.0. The molecule has 1 fully saturated rings. The molecule has 156 valence electrons. The molecular formula is C21H28N4O3S. The van der Waals surface area contributed by atoms with Crippen molar-refractivity contribution in [3.8, 4) is 0 Å². The molecule has 1 aromatic carbocycles. The Labute approximate surface area is 176 Å². The molecule has 8 heteroatoms. The van der Waals surface area contributed by atoms with Crippen molar-refractivity contribution in [1.82, 2.24) is 20.1 Å². The number of carbonyl (C=O) groups is 2. The first-order valence-corrected chi connectivity index (χ1v) is 10.9. The van der Waals surface area contributed by atoms with Crippen LogP contribution in [0.1, 0.15) is 17.2 Å². The van der Waals surface area contributed by atoms with Gasteiger partial charge in [0, 0.05) is 50.9 Å². The molecule has 1 saturated heterocycles. The highest BCUT2D eigenvalue weighted by molar-refractivity contribution is 7.98. The highest BCUT2D eigenvalue weighted by Crippen LogP contribution is 2.21. The smallest absolute Gasteiger partial charge is 0.318 e. The van der Waals surface area contributed by atoms with Gasteiger partial charge in [-0.15, -0.1) is 0 Å². The van der Waals surface area contributed by atoms with E-state index in [0.717, 1.165) is 49.6 Å². The van der Waals surface area contributed by atoms with E-state index in [1.807, 2.05) is 59.1 Å². The predicted octanol–water partition coefficient (Wildman–Crippen LogP) is 2.56. The lowest BCUT2D eigenvalue weighted by Gasteiger charge is -2.35. The molecule has 1 unspecified atom stereocenters. The van der Waals surface area contributed by atoms with Gasteiger partial charge in [0.15, 0.2) is 0 Å². The van der Waals surface area contributed by atoms with E-state index in [1.54, 1.807) is 12.4 Å². The Morgan fingerprint density at radius 2 is 1.72 bits per heavy atom. The number of nitrogens with zero attached hydrogens (tertiary/aromatic N) is 3. The molecule has 29 heavy (non-hydrogen) atoms. The zero-order chi connectivity index (χ0) is 20.9. The van der Waals surface area contributed by atoms with Gasteiger partial charge in [-0.1, -0.05) is 30.3 Å². The van der Waals surface area contributed by atoms with Gasteiger partial charge in [0.2, 0.25) is 0 Å². The molecule has 0 saturated carbocycles. The number of nitrogens with one attached hydrogen (secondary N) is 1. The maximum Gasteiger partial charge on any atom is 0.318 e. The van der Waals surface area contributed by atoms with Crippen LogP contribution in [0.4, 0.5) is 4.79 Å². The van der Waals surface area contributed by atoms with Crippen molar-refractivity contribution in [3.05, 3.63) is 66.0 Å². The van der Waals surface area contributed by atoms with E-state index in [9.17, 15) is 4.79 Å². The molecule has 0 bridgehead atoms. The largest absolute Gasteiger partial charge is 0.483 e. The van der Waals surface area contributed by atoms with Crippen molar-refractivity contribution in [2.24, 2.45) is 0 Å². The van der Waals surface area contributed by atoms with Crippen LogP contribution in [-0.2, 0) is 4.79 Å². The third-order valence-corrected chi connectivity index (χ3v) is 5.30. The van der Waals surface area contributed by atoms with Crippen molar-refractivity contribution >= 4 is 24.3 Å². The van der Waals surface area contributed by atoms with Crippen molar-refractivity contribution < 1.29 is 14.7 Å². The van der Waals surface area contributed by atoms with E-state index >= 15 is 0 Å². The molecular weight excluding hydrogens is 388 g/mol. The summed E-state index contributed by atoms with van der Waals surface area (Å²) in [6.45, 7) is 4.29. The monoisotopic (exact) mass is 416 g/mol. The fraction of sp³-hybridized carbons (Fsp3) is 0.381. The minimum absolute atomic E-state index is 0.000168. The van der Waals surface area contributed by atoms with Gasteiger partial charge in [-0.05, 0) is 29.5 Å². The Morgan fingerprint density at radius 1 is 1.14 bits per heavy atom. The number of amides is 2. The second-order valence-corrected chi connectivity index (χ2v) is 7.49. The van der Waals surface area contributed by atoms with Gasteiger partial charge >= 0.3 is 6.03 Å². The lowest BCUT2D eigenvalue weighted by Crippen LogP contribution is -2.52. The van der Waals surface area contributed by atoms with Crippen LogP contribution in [0.15, 0.2) is 54.9 Å². The molecule has 7 nitrogen and oxygen atoms in total. The second-order valence-electron chi connectivity index (χ2n) is 6.50. The number of carboxylic acid groups (broad SMARTS) is 1. The number of benzene rings is 1. The topological polar surface area (TPSA) is 85.8 Å². The summed E-state index contributed by atoms with van der Waals surface area (Å²) in [5.74, 6) is 1.14. The summed E-state index contributed by atoms with van der Waals surface area (Å²) in [5, 5.41) is 10.1. The molecule has 1 atom stereocenters. The van der Waals surface area contributed by atoms with Crippen LogP contribution in [0.5, 0.6) is 0 Å². The molecule has 0 aliphatic carbocycles. The highest BCUT2D eigenvalue weighted by atomic mass is 32.2. The standard InChI is InChI=1S/C20H26N4OS.CH2O2/c1-26-16-15-23-11-13-24(14-12-23)20(25)22-19(17-5-3-2-4-6-17)18-7-9-21-10-8-18;2-1-3/h2-10,19H,11-16H2,1H3,(H,22,25);1H,(H,2,3). The lowest BCUT2D eigenvalue weighted by molar-refractivity contribution is -0.122. The van der Waals surface area contributed by atoms with Crippen LogP contribution < -0.4 is 5.32 Å². The number of aromatic nitrogens is 1. The molecule has 3 rings (SSSR count). The lowest BCUT2D eigenvalue weighted by atomic mass is 10.00. The zero-order valence-electron chi connectivity index (χ0n) is 16.6. The number of hydrogen-bond acceptors (Lipinski definition) is 5. The van der Waals surface area contributed by atoms with E-state index in [4.69, 9.17) is 9.90 Å². The SMILES string of the molecule is CSCCN1CCN(C(=O)NC(c2ccccc2)c2ccncc2)CC1.O=CO. The third-order valence-electron chi connectivity index (χ3n) is 4.71. The summed E-state index contributed by atoms with van der Waals surface area (Å²) in [6.07, 6.45) is 5.66. The second kappa shape index (κ2) is 12.8. The van der Waals surface area contributed by atoms with Crippen molar-refractivity contribution in [2.75, 3.05) is 44.7 Å². The maximum absolute atomic E-state index is 12.9. The summed E-state index contributed by atoms with van der Waals surface area (Å²) in [4.78, 5) is 29.7. The van der Waals surface area contributed by atoms with Gasteiger partial charge in [-0.25, -0.2) is 4.79 Å². The fourth-order valence-corrected chi connectivity index (χ4v) is 3.61. The average Bonchev–Trinajstić information content (AvgIpc) is 2.78. The Bertz CT molecular complexity index is 686. The first-order chi connectivity index (χ1) is 14.2. The van der Waals surface area contributed by atoms with E-state index in [-0.39, 0.29) is 18.5 Å². The summed E-state index contributed by atoms with van der Waals surface area (Å²) in [7, 11) is 0. The van der Waals surface area contributed by atoms with Gasteiger partial charge in [-0.3, -0.25) is 14.7 Å². The van der Waals surface area contributed by atoms with Gasteiger partial charge in [-0.2, -0.15) is 11.8 Å². The van der Waals surface area contributed by atoms with Crippen LogP contribution in [-0.4, -0.2) is 77.1 Å². The Hall–Kier alpha value is -2.58. The molecule has 1 aromatic heterocycles. The van der Waals surface area contributed by atoms with Crippen LogP contribution in [0.2, 0.25) is 0 Å². The highest BCUT2D eigenvalue weighted by Gasteiger charge is 2.24. The van der Waals surface area contributed by atoms with Gasteiger partial charge in [0.25, 0.3) is 6.47 Å². The van der Waals surface area contributed by atoms with Gasteiger partial charge in [0.1, 0.15) is 0 Å². The molecule has 2 amide bonds. The number of urea groups is 1. The number of thioether (sulfide) groups is 1.